The van der Waals surface area contributed by atoms with Crippen LogP contribution in [0.15, 0.2) is 46.9 Å². The Kier molecular flexibility index (Phi) is 3.04. The second kappa shape index (κ2) is 4.71. The minimum Gasteiger partial charge on any atom is -0.337 e. The number of nitriles is 1. The van der Waals surface area contributed by atoms with Crippen LogP contribution >= 0.6 is 15.9 Å². The van der Waals surface area contributed by atoms with Crippen molar-refractivity contribution < 1.29 is 0 Å². The van der Waals surface area contributed by atoms with Crippen LogP contribution in [0.2, 0.25) is 0 Å². The molecule has 0 aromatic heterocycles. The molecule has 0 spiro atoms. The molecule has 1 heterocycles. The van der Waals surface area contributed by atoms with E-state index in [-0.39, 0.29) is 0 Å². The summed E-state index contributed by atoms with van der Waals surface area (Å²) < 4.78 is 0.998. The molecular formula is C16H13BrN2. The standard InChI is InChI=1S/C16H13BrN2/c1-11-8-12-4-2-3-5-15(12)19(11)16-9-14(17)7-6-13(16)10-18/h2-7,9,11H,8H2,1H3. The SMILES string of the molecule is CC1Cc2ccccc2N1c1cc(Br)ccc1C#N. The number of hydrogen-bond acceptors (Lipinski definition) is 2. The van der Waals surface area contributed by atoms with Crippen molar-refractivity contribution in [1.29, 1.82) is 5.26 Å². The van der Waals surface area contributed by atoms with Gasteiger partial charge in [-0.3, -0.25) is 0 Å². The number of hydrogen-bond donors (Lipinski definition) is 0. The molecule has 2 aromatic carbocycles. The van der Waals surface area contributed by atoms with Gasteiger partial charge in [0, 0.05) is 16.2 Å². The van der Waals surface area contributed by atoms with Gasteiger partial charge < -0.3 is 4.90 Å². The maximum Gasteiger partial charge on any atom is 0.101 e. The maximum absolute atomic E-state index is 9.31. The van der Waals surface area contributed by atoms with Gasteiger partial charge >= 0.3 is 0 Å². The molecule has 0 saturated carbocycles. The number of benzene rings is 2. The molecule has 0 radical (unpaired) electrons. The third-order valence-electron chi connectivity index (χ3n) is 3.55. The lowest BCUT2D eigenvalue weighted by atomic mass is 10.1. The second-order valence-corrected chi connectivity index (χ2v) is 5.74. The van der Waals surface area contributed by atoms with Crippen molar-refractivity contribution in [1.82, 2.24) is 0 Å². The molecule has 0 fully saturated rings. The van der Waals surface area contributed by atoms with Crippen molar-refractivity contribution in [2.45, 2.75) is 19.4 Å². The molecule has 2 aromatic rings. The summed E-state index contributed by atoms with van der Waals surface area (Å²) in [6.45, 7) is 2.20. The third-order valence-corrected chi connectivity index (χ3v) is 4.04. The molecule has 1 aliphatic heterocycles. The Hall–Kier alpha value is -1.79. The van der Waals surface area contributed by atoms with E-state index in [1.165, 1.54) is 11.3 Å². The Bertz CT molecular complexity index is 673. The van der Waals surface area contributed by atoms with E-state index < -0.39 is 0 Å². The van der Waals surface area contributed by atoms with Crippen LogP contribution in [0.4, 0.5) is 11.4 Å². The van der Waals surface area contributed by atoms with Crippen molar-refractivity contribution in [2.75, 3.05) is 4.90 Å². The van der Waals surface area contributed by atoms with Gasteiger partial charge in [0.2, 0.25) is 0 Å². The molecule has 0 bridgehead atoms. The molecule has 1 atom stereocenters. The Morgan fingerprint density at radius 3 is 2.79 bits per heavy atom. The zero-order chi connectivity index (χ0) is 13.4. The largest absolute Gasteiger partial charge is 0.337 e. The summed E-state index contributed by atoms with van der Waals surface area (Å²) in [6, 6.07) is 16.9. The first-order valence-electron chi connectivity index (χ1n) is 6.27. The van der Waals surface area contributed by atoms with Crippen LogP contribution in [-0.4, -0.2) is 6.04 Å². The average molecular weight is 313 g/mol. The van der Waals surface area contributed by atoms with Crippen molar-refractivity contribution in [3.05, 3.63) is 58.1 Å². The lowest BCUT2D eigenvalue weighted by Gasteiger charge is -2.26. The minimum absolute atomic E-state index is 0.374. The number of rotatable bonds is 1. The molecule has 19 heavy (non-hydrogen) atoms. The van der Waals surface area contributed by atoms with Crippen LogP contribution in [0.3, 0.4) is 0 Å². The van der Waals surface area contributed by atoms with Gasteiger partial charge in [-0.05, 0) is 43.2 Å². The zero-order valence-electron chi connectivity index (χ0n) is 10.6. The summed E-state index contributed by atoms with van der Waals surface area (Å²) in [5.74, 6) is 0. The Labute approximate surface area is 121 Å². The summed E-state index contributed by atoms with van der Waals surface area (Å²) >= 11 is 3.50. The van der Waals surface area contributed by atoms with Crippen LogP contribution in [0.1, 0.15) is 18.1 Å². The summed E-state index contributed by atoms with van der Waals surface area (Å²) in [5, 5.41) is 9.31. The van der Waals surface area contributed by atoms with Crippen molar-refractivity contribution >= 4 is 27.3 Å². The monoisotopic (exact) mass is 312 g/mol. The smallest absolute Gasteiger partial charge is 0.101 e. The van der Waals surface area contributed by atoms with Gasteiger partial charge in [-0.2, -0.15) is 5.26 Å². The van der Waals surface area contributed by atoms with Crippen LogP contribution in [0.25, 0.3) is 0 Å². The summed E-state index contributed by atoms with van der Waals surface area (Å²) in [4.78, 5) is 2.26. The van der Waals surface area contributed by atoms with Crippen LogP contribution in [0, 0.1) is 11.3 Å². The highest BCUT2D eigenvalue weighted by molar-refractivity contribution is 9.10. The van der Waals surface area contributed by atoms with Gasteiger partial charge in [0.05, 0.1) is 11.3 Å². The lowest BCUT2D eigenvalue weighted by Crippen LogP contribution is -2.24. The molecule has 0 aliphatic carbocycles. The number of fused-ring (bicyclic) bond motifs is 1. The minimum atomic E-state index is 0.374. The fourth-order valence-electron chi connectivity index (χ4n) is 2.73. The van der Waals surface area contributed by atoms with Crippen molar-refractivity contribution in [3.63, 3.8) is 0 Å². The van der Waals surface area contributed by atoms with Gasteiger partial charge in [-0.25, -0.2) is 0 Å². The van der Waals surface area contributed by atoms with Crippen molar-refractivity contribution in [2.24, 2.45) is 0 Å². The van der Waals surface area contributed by atoms with Gasteiger partial charge in [-0.15, -0.1) is 0 Å². The molecule has 2 nitrogen and oxygen atoms in total. The predicted molar refractivity (Wildman–Crippen MR) is 80.6 cm³/mol. The molecule has 94 valence electrons. The van der Waals surface area contributed by atoms with E-state index in [1.807, 2.05) is 24.3 Å². The molecule has 0 amide bonds. The Morgan fingerprint density at radius 1 is 1.21 bits per heavy atom. The molecule has 3 heteroatoms. The van der Waals surface area contributed by atoms with Gasteiger partial charge in [0.1, 0.15) is 6.07 Å². The molecule has 3 rings (SSSR count). The lowest BCUT2D eigenvalue weighted by molar-refractivity contribution is 0.758. The fourth-order valence-corrected chi connectivity index (χ4v) is 3.08. The third kappa shape index (κ3) is 2.02. The summed E-state index contributed by atoms with van der Waals surface area (Å²) in [5.41, 5.74) is 4.25. The first-order chi connectivity index (χ1) is 9.20. The van der Waals surface area contributed by atoms with E-state index in [1.54, 1.807) is 0 Å². The maximum atomic E-state index is 9.31. The van der Waals surface area contributed by atoms with E-state index >= 15 is 0 Å². The quantitative estimate of drug-likeness (QED) is 0.780. The van der Waals surface area contributed by atoms with Crippen LogP contribution in [-0.2, 0) is 6.42 Å². The van der Waals surface area contributed by atoms with Gasteiger partial charge in [0.15, 0.2) is 0 Å². The van der Waals surface area contributed by atoms with Gasteiger partial charge in [-0.1, -0.05) is 34.1 Å². The van der Waals surface area contributed by atoms with Crippen LogP contribution in [0.5, 0.6) is 0 Å². The molecular weight excluding hydrogens is 300 g/mol. The summed E-state index contributed by atoms with van der Waals surface area (Å²) in [6.07, 6.45) is 1.02. The normalized spacial score (nSPS) is 17.1. The molecule has 1 aliphatic rings. The first kappa shape index (κ1) is 12.3. The molecule has 1 unspecified atom stereocenters. The zero-order valence-corrected chi connectivity index (χ0v) is 12.2. The highest BCUT2D eigenvalue weighted by atomic mass is 79.9. The van der Waals surface area contributed by atoms with E-state index in [9.17, 15) is 5.26 Å². The van der Waals surface area contributed by atoms with E-state index in [0.717, 1.165) is 16.6 Å². The number of halogens is 1. The van der Waals surface area contributed by atoms with Crippen LogP contribution < -0.4 is 4.90 Å². The highest BCUT2D eigenvalue weighted by Crippen LogP contribution is 2.40. The van der Waals surface area contributed by atoms with E-state index in [0.29, 0.717) is 11.6 Å². The fraction of sp³-hybridized carbons (Fsp3) is 0.188. The molecule has 0 saturated heterocycles. The highest BCUT2D eigenvalue weighted by Gasteiger charge is 2.28. The predicted octanol–water partition coefficient (Wildman–Crippen LogP) is 4.40. The van der Waals surface area contributed by atoms with Gasteiger partial charge in [0.25, 0.3) is 0 Å². The average Bonchev–Trinajstić information content (AvgIpc) is 2.74. The second-order valence-electron chi connectivity index (χ2n) is 4.83. The Morgan fingerprint density at radius 2 is 2.00 bits per heavy atom. The number of nitrogens with zero attached hydrogens (tertiary/aromatic N) is 2. The van der Waals surface area contributed by atoms with E-state index in [4.69, 9.17) is 0 Å². The first-order valence-corrected chi connectivity index (χ1v) is 7.07. The Balaban J connectivity index is 2.18. The van der Waals surface area contributed by atoms with Crippen molar-refractivity contribution in [3.8, 4) is 6.07 Å². The molecule has 0 N–H and O–H groups in total. The number of para-hydroxylation sites is 1. The summed E-state index contributed by atoms with van der Waals surface area (Å²) in [7, 11) is 0. The number of anilines is 2. The van der Waals surface area contributed by atoms with E-state index in [2.05, 4.69) is 52.0 Å². The topological polar surface area (TPSA) is 27.0 Å².